The molecule has 1 aliphatic carbocycles. The smallest absolute Gasteiger partial charge is 0.372 e. The Bertz CT molecular complexity index is 425. The molecule has 18 heavy (non-hydrogen) atoms. The SMILES string of the molecule is Cc1cc(CSC2CCCC(C)C2)oc1C(=O)O. The minimum atomic E-state index is -0.977. The van der Waals surface area contributed by atoms with Crippen LogP contribution in [-0.2, 0) is 5.75 Å². The van der Waals surface area contributed by atoms with E-state index in [1.54, 1.807) is 6.92 Å². The van der Waals surface area contributed by atoms with Crippen LogP contribution in [0.15, 0.2) is 10.5 Å². The Morgan fingerprint density at radius 1 is 1.56 bits per heavy atom. The molecular weight excluding hydrogens is 248 g/mol. The van der Waals surface area contributed by atoms with E-state index in [9.17, 15) is 4.79 Å². The lowest BCUT2D eigenvalue weighted by molar-refractivity contribution is 0.0659. The van der Waals surface area contributed by atoms with Crippen LogP contribution in [0.5, 0.6) is 0 Å². The maximum absolute atomic E-state index is 10.9. The molecule has 1 aromatic rings. The highest BCUT2D eigenvalue weighted by Gasteiger charge is 2.20. The van der Waals surface area contributed by atoms with Crippen molar-refractivity contribution in [3.63, 3.8) is 0 Å². The molecule has 1 aromatic heterocycles. The highest BCUT2D eigenvalue weighted by atomic mass is 32.2. The average molecular weight is 268 g/mol. The third kappa shape index (κ3) is 3.31. The van der Waals surface area contributed by atoms with Crippen LogP contribution in [0.3, 0.4) is 0 Å². The second kappa shape index (κ2) is 5.83. The summed E-state index contributed by atoms with van der Waals surface area (Å²) in [5.41, 5.74) is 0.718. The summed E-state index contributed by atoms with van der Waals surface area (Å²) < 4.78 is 5.37. The topological polar surface area (TPSA) is 50.4 Å². The normalized spacial score (nSPS) is 24.1. The highest BCUT2D eigenvalue weighted by molar-refractivity contribution is 7.99. The second-order valence-electron chi connectivity index (χ2n) is 5.23. The summed E-state index contributed by atoms with van der Waals surface area (Å²) in [5, 5.41) is 9.63. The number of aryl methyl sites for hydroxylation is 1. The molecule has 0 aliphatic heterocycles. The molecule has 2 atom stereocenters. The monoisotopic (exact) mass is 268 g/mol. The first-order chi connectivity index (χ1) is 8.56. The molecule has 0 bridgehead atoms. The van der Waals surface area contributed by atoms with Crippen LogP contribution in [0, 0.1) is 12.8 Å². The molecule has 0 spiro atoms. The van der Waals surface area contributed by atoms with E-state index >= 15 is 0 Å². The van der Waals surface area contributed by atoms with E-state index in [2.05, 4.69) is 6.92 Å². The lowest BCUT2D eigenvalue weighted by atomic mass is 9.91. The Morgan fingerprint density at radius 2 is 2.33 bits per heavy atom. The third-order valence-electron chi connectivity index (χ3n) is 3.51. The van der Waals surface area contributed by atoms with Crippen LogP contribution in [-0.4, -0.2) is 16.3 Å². The lowest BCUT2D eigenvalue weighted by Gasteiger charge is -2.25. The number of thioether (sulfide) groups is 1. The maximum atomic E-state index is 10.9. The summed E-state index contributed by atoms with van der Waals surface area (Å²) in [6.45, 7) is 4.09. The Hall–Kier alpha value is -0.900. The number of carboxylic acid groups (broad SMARTS) is 1. The molecule has 1 N–H and O–H groups in total. The van der Waals surface area contributed by atoms with Crippen molar-refractivity contribution in [1.29, 1.82) is 0 Å². The molecule has 1 aliphatic rings. The Labute approximate surface area is 112 Å². The van der Waals surface area contributed by atoms with Gasteiger partial charge in [-0.3, -0.25) is 0 Å². The van der Waals surface area contributed by atoms with Crippen molar-refractivity contribution in [2.75, 3.05) is 0 Å². The van der Waals surface area contributed by atoms with Crippen molar-refractivity contribution in [2.24, 2.45) is 5.92 Å². The van der Waals surface area contributed by atoms with Gasteiger partial charge in [-0.1, -0.05) is 19.8 Å². The predicted octanol–water partition coefficient (Wildman–Crippen LogP) is 4.10. The van der Waals surface area contributed by atoms with Gasteiger partial charge in [0, 0.05) is 10.8 Å². The molecule has 0 radical (unpaired) electrons. The molecule has 0 amide bonds. The van der Waals surface area contributed by atoms with Crippen LogP contribution in [0.1, 0.15) is 54.5 Å². The molecule has 2 unspecified atom stereocenters. The minimum Gasteiger partial charge on any atom is -0.475 e. The van der Waals surface area contributed by atoms with Crippen molar-refractivity contribution >= 4 is 17.7 Å². The van der Waals surface area contributed by atoms with Crippen LogP contribution < -0.4 is 0 Å². The summed E-state index contributed by atoms with van der Waals surface area (Å²) >= 11 is 1.90. The predicted molar refractivity (Wildman–Crippen MR) is 73.1 cm³/mol. The molecule has 2 rings (SSSR count). The van der Waals surface area contributed by atoms with Gasteiger partial charge in [-0.15, -0.1) is 0 Å². The van der Waals surface area contributed by atoms with Gasteiger partial charge in [0.1, 0.15) is 5.76 Å². The van der Waals surface area contributed by atoms with Gasteiger partial charge in [-0.2, -0.15) is 11.8 Å². The third-order valence-corrected chi connectivity index (χ3v) is 4.86. The number of carbonyl (C=O) groups is 1. The number of aromatic carboxylic acids is 1. The van der Waals surface area contributed by atoms with Crippen molar-refractivity contribution in [3.05, 3.63) is 23.2 Å². The first-order valence-electron chi connectivity index (χ1n) is 6.50. The summed E-state index contributed by atoms with van der Waals surface area (Å²) in [6.07, 6.45) is 5.22. The Balaban J connectivity index is 1.90. The molecule has 0 saturated heterocycles. The van der Waals surface area contributed by atoms with Gasteiger partial charge in [0.25, 0.3) is 0 Å². The molecule has 100 valence electrons. The highest BCUT2D eigenvalue weighted by Crippen LogP contribution is 2.34. The molecule has 4 heteroatoms. The van der Waals surface area contributed by atoms with Crippen molar-refractivity contribution < 1.29 is 14.3 Å². The molecule has 0 aromatic carbocycles. The average Bonchev–Trinajstić information content (AvgIpc) is 2.68. The van der Waals surface area contributed by atoms with Gasteiger partial charge in [-0.25, -0.2) is 4.79 Å². The number of rotatable bonds is 4. The Morgan fingerprint density at radius 3 is 2.94 bits per heavy atom. The fourth-order valence-corrected chi connectivity index (χ4v) is 3.90. The second-order valence-corrected chi connectivity index (χ2v) is 6.52. The van der Waals surface area contributed by atoms with Crippen molar-refractivity contribution in [1.82, 2.24) is 0 Å². The van der Waals surface area contributed by atoms with E-state index in [1.165, 1.54) is 25.7 Å². The first-order valence-corrected chi connectivity index (χ1v) is 7.55. The van der Waals surface area contributed by atoms with Crippen LogP contribution in [0.2, 0.25) is 0 Å². The van der Waals surface area contributed by atoms with E-state index in [0.29, 0.717) is 5.25 Å². The van der Waals surface area contributed by atoms with Crippen LogP contribution in [0.25, 0.3) is 0 Å². The van der Waals surface area contributed by atoms with E-state index in [-0.39, 0.29) is 5.76 Å². The van der Waals surface area contributed by atoms with Crippen molar-refractivity contribution in [2.45, 2.75) is 50.5 Å². The number of carboxylic acids is 1. The molecule has 1 fully saturated rings. The summed E-state index contributed by atoms with van der Waals surface area (Å²) in [7, 11) is 0. The quantitative estimate of drug-likeness (QED) is 0.893. The van der Waals surface area contributed by atoms with Gasteiger partial charge in [-0.05, 0) is 31.7 Å². The molecule has 1 saturated carbocycles. The minimum absolute atomic E-state index is 0.0858. The zero-order chi connectivity index (χ0) is 13.1. The number of hydrogen-bond donors (Lipinski definition) is 1. The van der Waals surface area contributed by atoms with Gasteiger partial charge in [0.2, 0.25) is 5.76 Å². The van der Waals surface area contributed by atoms with Gasteiger partial charge in [0.05, 0.1) is 5.75 Å². The van der Waals surface area contributed by atoms with E-state index in [1.807, 2.05) is 17.8 Å². The zero-order valence-electron chi connectivity index (χ0n) is 10.9. The van der Waals surface area contributed by atoms with E-state index in [0.717, 1.165) is 23.0 Å². The molecule has 1 heterocycles. The van der Waals surface area contributed by atoms with E-state index in [4.69, 9.17) is 9.52 Å². The standard InChI is InChI=1S/C14H20O3S/c1-9-4-3-5-12(6-9)18-8-11-7-10(2)13(17-11)14(15)16/h7,9,12H,3-6,8H2,1-2H3,(H,15,16). The fraction of sp³-hybridized carbons (Fsp3) is 0.643. The largest absolute Gasteiger partial charge is 0.475 e. The van der Waals surface area contributed by atoms with Gasteiger partial charge in [0.15, 0.2) is 0 Å². The van der Waals surface area contributed by atoms with E-state index < -0.39 is 5.97 Å². The van der Waals surface area contributed by atoms with Gasteiger partial charge >= 0.3 is 5.97 Å². The fourth-order valence-electron chi connectivity index (χ4n) is 2.56. The molecule has 3 nitrogen and oxygen atoms in total. The van der Waals surface area contributed by atoms with Crippen molar-refractivity contribution in [3.8, 4) is 0 Å². The van der Waals surface area contributed by atoms with Crippen LogP contribution in [0.4, 0.5) is 0 Å². The van der Waals surface area contributed by atoms with Crippen LogP contribution >= 0.6 is 11.8 Å². The summed E-state index contributed by atoms with van der Waals surface area (Å²) in [4.78, 5) is 10.9. The summed E-state index contributed by atoms with van der Waals surface area (Å²) in [5.74, 6) is 1.50. The Kier molecular flexibility index (Phi) is 4.38. The zero-order valence-corrected chi connectivity index (χ0v) is 11.8. The lowest BCUT2D eigenvalue weighted by Crippen LogP contribution is -2.15. The molecular formula is C14H20O3S. The first kappa shape index (κ1) is 13.5. The number of furan rings is 1. The summed E-state index contributed by atoms with van der Waals surface area (Å²) in [6, 6.07) is 1.85. The number of hydrogen-bond acceptors (Lipinski definition) is 3. The maximum Gasteiger partial charge on any atom is 0.372 e. The van der Waals surface area contributed by atoms with Gasteiger partial charge < -0.3 is 9.52 Å².